The first-order chi connectivity index (χ1) is 11.2. The van der Waals surface area contributed by atoms with Gasteiger partial charge in [-0.05, 0) is 30.5 Å². The Balaban J connectivity index is 1.76. The standard InChI is InChI=1S/C17H14ClN3OS/c18-11-3-1-10(2-4-11)13-14-17(23-9-19-14)21-8-7-20(12-5-6-12)16(22)15(13)21/h1-4,9,12H,5-8H2. The van der Waals surface area contributed by atoms with E-state index in [9.17, 15) is 4.79 Å². The Morgan fingerprint density at radius 1 is 1.17 bits per heavy atom. The number of amides is 1. The third-order valence-corrected chi connectivity index (χ3v) is 5.79. The lowest BCUT2D eigenvalue weighted by molar-refractivity contribution is 0.0694. The molecule has 23 heavy (non-hydrogen) atoms. The predicted molar refractivity (Wildman–Crippen MR) is 92.1 cm³/mol. The molecule has 3 heterocycles. The fraction of sp³-hybridized carbons (Fsp3) is 0.294. The van der Waals surface area contributed by atoms with Gasteiger partial charge in [0.2, 0.25) is 0 Å². The zero-order valence-electron chi connectivity index (χ0n) is 12.3. The number of nitrogens with zero attached hydrogens (tertiary/aromatic N) is 3. The molecule has 1 saturated carbocycles. The van der Waals surface area contributed by atoms with Crippen LogP contribution in [0.5, 0.6) is 0 Å². The van der Waals surface area contributed by atoms with Crippen molar-refractivity contribution in [3.05, 3.63) is 40.5 Å². The molecule has 5 rings (SSSR count). The monoisotopic (exact) mass is 343 g/mol. The van der Waals surface area contributed by atoms with Gasteiger partial charge in [0.05, 0.1) is 5.51 Å². The summed E-state index contributed by atoms with van der Waals surface area (Å²) in [6.07, 6.45) is 2.27. The Kier molecular flexibility index (Phi) is 2.85. The highest BCUT2D eigenvalue weighted by molar-refractivity contribution is 7.16. The molecule has 3 aromatic rings. The molecule has 0 unspecified atom stereocenters. The maximum absolute atomic E-state index is 13.1. The van der Waals surface area contributed by atoms with Crippen LogP contribution in [0.3, 0.4) is 0 Å². The summed E-state index contributed by atoms with van der Waals surface area (Å²) >= 11 is 7.62. The molecule has 0 radical (unpaired) electrons. The van der Waals surface area contributed by atoms with Gasteiger partial charge in [-0.15, -0.1) is 11.3 Å². The number of hydrogen-bond donors (Lipinski definition) is 0. The number of aromatic nitrogens is 2. The third kappa shape index (κ3) is 1.96. The number of carbonyl (C=O) groups excluding carboxylic acids is 1. The van der Waals surface area contributed by atoms with Crippen LogP contribution >= 0.6 is 22.9 Å². The second kappa shape index (κ2) is 4.82. The molecule has 0 bridgehead atoms. The molecule has 6 heteroatoms. The molecule has 0 N–H and O–H groups in total. The van der Waals surface area contributed by atoms with E-state index in [1.165, 1.54) is 0 Å². The van der Waals surface area contributed by atoms with Crippen molar-refractivity contribution in [3.8, 4) is 11.1 Å². The normalized spacial score (nSPS) is 17.8. The molecule has 1 aromatic carbocycles. The van der Waals surface area contributed by atoms with Gasteiger partial charge in [0.1, 0.15) is 16.0 Å². The lowest BCUT2D eigenvalue weighted by Crippen LogP contribution is -2.41. The molecule has 1 aliphatic carbocycles. The lowest BCUT2D eigenvalue weighted by atomic mass is 10.0. The molecule has 1 aliphatic heterocycles. The molecule has 2 aromatic heterocycles. The van der Waals surface area contributed by atoms with Crippen molar-refractivity contribution >= 4 is 39.2 Å². The van der Waals surface area contributed by atoms with Crippen LogP contribution in [0.1, 0.15) is 23.3 Å². The van der Waals surface area contributed by atoms with Crippen LogP contribution in [0, 0.1) is 0 Å². The van der Waals surface area contributed by atoms with Crippen LogP contribution in [-0.2, 0) is 6.54 Å². The van der Waals surface area contributed by atoms with E-state index in [0.717, 1.165) is 53.1 Å². The van der Waals surface area contributed by atoms with Crippen LogP contribution in [0.4, 0.5) is 0 Å². The molecule has 0 atom stereocenters. The number of carbonyl (C=O) groups is 1. The predicted octanol–water partition coefficient (Wildman–Crippen LogP) is 4.04. The van der Waals surface area contributed by atoms with Crippen molar-refractivity contribution in [1.82, 2.24) is 14.5 Å². The molecule has 116 valence electrons. The van der Waals surface area contributed by atoms with Crippen LogP contribution in [-0.4, -0.2) is 32.9 Å². The topological polar surface area (TPSA) is 38.1 Å². The molecule has 0 saturated heterocycles. The van der Waals surface area contributed by atoms with Gasteiger partial charge in [-0.1, -0.05) is 23.7 Å². The molecular formula is C17H14ClN3OS. The SMILES string of the molecule is O=C1c2c(-c3ccc(Cl)cc3)c3ncsc3n2CCN1C1CC1. The zero-order valence-corrected chi connectivity index (χ0v) is 13.9. The number of benzene rings is 1. The van der Waals surface area contributed by atoms with E-state index in [0.29, 0.717) is 11.1 Å². The van der Waals surface area contributed by atoms with Crippen molar-refractivity contribution < 1.29 is 4.79 Å². The summed E-state index contributed by atoms with van der Waals surface area (Å²) in [5.41, 5.74) is 5.53. The number of halogens is 1. The first-order valence-electron chi connectivity index (χ1n) is 7.76. The Labute approximate surface area is 142 Å². The highest BCUT2D eigenvalue weighted by Crippen LogP contribution is 2.40. The molecule has 1 amide bonds. The van der Waals surface area contributed by atoms with Crippen molar-refractivity contribution in [2.24, 2.45) is 0 Å². The summed E-state index contributed by atoms with van der Waals surface area (Å²) in [5.74, 6) is 0.147. The summed E-state index contributed by atoms with van der Waals surface area (Å²) in [5, 5.41) is 0.697. The minimum atomic E-state index is 0.147. The number of rotatable bonds is 2. The summed E-state index contributed by atoms with van der Waals surface area (Å²) in [4.78, 5) is 20.8. The highest BCUT2D eigenvalue weighted by Gasteiger charge is 2.39. The van der Waals surface area contributed by atoms with Gasteiger partial charge < -0.3 is 9.47 Å². The smallest absolute Gasteiger partial charge is 0.271 e. The van der Waals surface area contributed by atoms with Crippen LogP contribution in [0.15, 0.2) is 29.8 Å². The van der Waals surface area contributed by atoms with Crippen LogP contribution in [0.2, 0.25) is 5.02 Å². The summed E-state index contributed by atoms with van der Waals surface area (Å²) < 4.78 is 2.15. The van der Waals surface area contributed by atoms with Crippen molar-refractivity contribution in [2.75, 3.05) is 6.54 Å². The van der Waals surface area contributed by atoms with Gasteiger partial charge in [-0.25, -0.2) is 4.98 Å². The Morgan fingerprint density at radius 2 is 1.96 bits per heavy atom. The Bertz CT molecular complexity index is 923. The van der Waals surface area contributed by atoms with E-state index >= 15 is 0 Å². The minimum Gasteiger partial charge on any atom is -0.333 e. The highest BCUT2D eigenvalue weighted by atomic mass is 35.5. The molecular weight excluding hydrogens is 330 g/mol. The van der Waals surface area contributed by atoms with E-state index in [2.05, 4.69) is 9.55 Å². The van der Waals surface area contributed by atoms with E-state index in [1.54, 1.807) is 11.3 Å². The van der Waals surface area contributed by atoms with Crippen molar-refractivity contribution in [2.45, 2.75) is 25.4 Å². The first-order valence-corrected chi connectivity index (χ1v) is 9.02. The summed E-state index contributed by atoms with van der Waals surface area (Å²) in [6, 6.07) is 8.12. The lowest BCUT2D eigenvalue weighted by Gasteiger charge is -2.29. The number of thiazole rings is 1. The number of fused-ring (bicyclic) bond motifs is 3. The van der Waals surface area contributed by atoms with Gasteiger partial charge in [0.15, 0.2) is 0 Å². The average Bonchev–Trinajstić information content (AvgIpc) is 3.18. The Morgan fingerprint density at radius 3 is 2.70 bits per heavy atom. The third-order valence-electron chi connectivity index (χ3n) is 4.69. The van der Waals surface area contributed by atoms with E-state index in [4.69, 9.17) is 11.6 Å². The second-order valence-corrected chi connectivity index (χ2v) is 7.39. The fourth-order valence-electron chi connectivity index (χ4n) is 3.46. The van der Waals surface area contributed by atoms with Gasteiger partial charge in [0, 0.05) is 29.7 Å². The molecule has 1 fully saturated rings. The van der Waals surface area contributed by atoms with Gasteiger partial charge >= 0.3 is 0 Å². The van der Waals surface area contributed by atoms with Gasteiger partial charge in [0.25, 0.3) is 5.91 Å². The van der Waals surface area contributed by atoms with Crippen molar-refractivity contribution in [3.63, 3.8) is 0 Å². The second-order valence-electron chi connectivity index (χ2n) is 6.12. The maximum atomic E-state index is 13.1. The van der Waals surface area contributed by atoms with Crippen LogP contribution < -0.4 is 0 Å². The molecule has 4 nitrogen and oxygen atoms in total. The molecule has 2 aliphatic rings. The van der Waals surface area contributed by atoms with E-state index in [1.807, 2.05) is 34.7 Å². The Hall–Kier alpha value is -1.85. The largest absolute Gasteiger partial charge is 0.333 e. The fourth-order valence-corrected chi connectivity index (χ4v) is 4.42. The van der Waals surface area contributed by atoms with E-state index in [-0.39, 0.29) is 5.91 Å². The summed E-state index contributed by atoms with van der Waals surface area (Å²) in [7, 11) is 0. The van der Waals surface area contributed by atoms with Crippen LogP contribution in [0.25, 0.3) is 21.5 Å². The quantitative estimate of drug-likeness (QED) is 0.704. The van der Waals surface area contributed by atoms with Gasteiger partial charge in [-0.2, -0.15) is 0 Å². The average molecular weight is 344 g/mol. The minimum absolute atomic E-state index is 0.147. The maximum Gasteiger partial charge on any atom is 0.271 e. The van der Waals surface area contributed by atoms with Crippen molar-refractivity contribution in [1.29, 1.82) is 0 Å². The molecule has 0 spiro atoms. The zero-order chi connectivity index (χ0) is 15.6. The van der Waals surface area contributed by atoms with E-state index < -0.39 is 0 Å². The van der Waals surface area contributed by atoms with Gasteiger partial charge in [-0.3, -0.25) is 4.79 Å². The summed E-state index contributed by atoms with van der Waals surface area (Å²) in [6.45, 7) is 1.65. The first kappa shape index (κ1) is 13.6. The number of hydrogen-bond acceptors (Lipinski definition) is 3.